The van der Waals surface area contributed by atoms with Crippen molar-refractivity contribution >= 4 is 11.8 Å². The van der Waals surface area contributed by atoms with Gasteiger partial charge in [0, 0.05) is 16.7 Å². The van der Waals surface area contributed by atoms with Crippen LogP contribution in [0, 0.1) is 19.8 Å². The molecular formula is C16H25NS. The van der Waals surface area contributed by atoms with Crippen LogP contribution in [-0.4, -0.2) is 18.8 Å². The smallest absolute Gasteiger partial charge is 0.0186 e. The summed E-state index contributed by atoms with van der Waals surface area (Å²) in [5.74, 6) is 2.10. The molecular weight excluding hydrogens is 238 g/mol. The Morgan fingerprint density at radius 3 is 2.56 bits per heavy atom. The molecule has 0 radical (unpaired) electrons. The van der Waals surface area contributed by atoms with Crippen molar-refractivity contribution in [3.63, 3.8) is 0 Å². The molecule has 1 unspecified atom stereocenters. The fourth-order valence-electron chi connectivity index (χ4n) is 2.80. The van der Waals surface area contributed by atoms with E-state index < -0.39 is 0 Å². The third-order valence-electron chi connectivity index (χ3n) is 4.25. The SMILES string of the molecule is CNC(CSc1ccc(C)c(C)c1)C1CCCC1. The first-order chi connectivity index (χ1) is 8.70. The Balaban J connectivity index is 1.90. The van der Waals surface area contributed by atoms with E-state index in [-0.39, 0.29) is 0 Å². The fraction of sp³-hybridized carbons (Fsp3) is 0.625. The summed E-state index contributed by atoms with van der Waals surface area (Å²) in [4.78, 5) is 1.41. The normalized spacial score (nSPS) is 18.2. The van der Waals surface area contributed by atoms with Crippen molar-refractivity contribution in [1.29, 1.82) is 0 Å². The van der Waals surface area contributed by atoms with Gasteiger partial charge in [0.15, 0.2) is 0 Å². The lowest BCUT2D eigenvalue weighted by atomic mass is 10.0. The maximum absolute atomic E-state index is 3.52. The number of hydrogen-bond donors (Lipinski definition) is 1. The average Bonchev–Trinajstić information content (AvgIpc) is 2.88. The summed E-state index contributed by atoms with van der Waals surface area (Å²) >= 11 is 2.00. The number of thioether (sulfide) groups is 1. The predicted molar refractivity (Wildman–Crippen MR) is 81.4 cm³/mol. The molecule has 1 atom stereocenters. The zero-order chi connectivity index (χ0) is 13.0. The van der Waals surface area contributed by atoms with Crippen molar-refractivity contribution in [2.24, 2.45) is 5.92 Å². The van der Waals surface area contributed by atoms with Gasteiger partial charge in [0.2, 0.25) is 0 Å². The van der Waals surface area contributed by atoms with Crippen LogP contribution >= 0.6 is 11.8 Å². The second-order valence-electron chi connectivity index (χ2n) is 5.50. The van der Waals surface area contributed by atoms with Crippen LogP contribution < -0.4 is 5.32 Å². The van der Waals surface area contributed by atoms with E-state index in [1.165, 1.54) is 47.5 Å². The summed E-state index contributed by atoms with van der Waals surface area (Å²) in [7, 11) is 2.12. The number of nitrogens with one attached hydrogen (secondary N) is 1. The molecule has 0 spiro atoms. The highest BCUT2D eigenvalue weighted by Crippen LogP contribution is 2.31. The van der Waals surface area contributed by atoms with Crippen LogP contribution in [0.25, 0.3) is 0 Å². The average molecular weight is 263 g/mol. The first-order valence-corrected chi connectivity index (χ1v) is 8.06. The predicted octanol–water partition coefficient (Wildman–Crippen LogP) is 4.17. The number of aryl methyl sites for hydroxylation is 2. The van der Waals surface area contributed by atoms with Crippen molar-refractivity contribution in [2.75, 3.05) is 12.8 Å². The second kappa shape index (κ2) is 6.63. The van der Waals surface area contributed by atoms with E-state index in [9.17, 15) is 0 Å². The summed E-state index contributed by atoms with van der Waals surface area (Å²) in [6.07, 6.45) is 5.69. The summed E-state index contributed by atoms with van der Waals surface area (Å²) in [6, 6.07) is 7.50. The summed E-state index contributed by atoms with van der Waals surface area (Å²) in [5, 5.41) is 3.52. The van der Waals surface area contributed by atoms with Crippen LogP contribution in [0.15, 0.2) is 23.1 Å². The molecule has 0 saturated heterocycles. The lowest BCUT2D eigenvalue weighted by Gasteiger charge is -2.22. The van der Waals surface area contributed by atoms with Crippen molar-refractivity contribution < 1.29 is 0 Å². The summed E-state index contributed by atoms with van der Waals surface area (Å²) < 4.78 is 0. The molecule has 100 valence electrons. The molecule has 1 aromatic carbocycles. The zero-order valence-corrected chi connectivity index (χ0v) is 12.6. The first kappa shape index (κ1) is 14.0. The highest BCUT2D eigenvalue weighted by atomic mass is 32.2. The van der Waals surface area contributed by atoms with E-state index in [0.29, 0.717) is 6.04 Å². The van der Waals surface area contributed by atoms with Crippen LogP contribution in [0.4, 0.5) is 0 Å². The maximum atomic E-state index is 3.52. The van der Waals surface area contributed by atoms with Crippen LogP contribution in [0.3, 0.4) is 0 Å². The molecule has 18 heavy (non-hydrogen) atoms. The monoisotopic (exact) mass is 263 g/mol. The van der Waals surface area contributed by atoms with Gasteiger partial charge in [0.1, 0.15) is 0 Å². The van der Waals surface area contributed by atoms with Gasteiger partial charge in [-0.2, -0.15) is 0 Å². The highest BCUT2D eigenvalue weighted by Gasteiger charge is 2.23. The minimum absolute atomic E-state index is 0.680. The number of hydrogen-bond acceptors (Lipinski definition) is 2. The Morgan fingerprint density at radius 1 is 1.22 bits per heavy atom. The van der Waals surface area contributed by atoms with E-state index in [4.69, 9.17) is 0 Å². The molecule has 1 saturated carbocycles. The van der Waals surface area contributed by atoms with Gasteiger partial charge in [-0.1, -0.05) is 18.9 Å². The van der Waals surface area contributed by atoms with E-state index in [0.717, 1.165) is 5.92 Å². The molecule has 2 rings (SSSR count). The van der Waals surface area contributed by atoms with Crippen LogP contribution in [-0.2, 0) is 0 Å². The van der Waals surface area contributed by atoms with Crippen molar-refractivity contribution in [3.05, 3.63) is 29.3 Å². The Hall–Kier alpha value is -0.470. The summed E-state index contributed by atoms with van der Waals surface area (Å²) in [6.45, 7) is 4.38. The van der Waals surface area contributed by atoms with E-state index in [1.54, 1.807) is 0 Å². The molecule has 1 aliphatic rings. The van der Waals surface area contributed by atoms with Gasteiger partial charge in [0.05, 0.1) is 0 Å². The van der Waals surface area contributed by atoms with E-state index in [2.05, 4.69) is 44.4 Å². The van der Waals surface area contributed by atoms with Gasteiger partial charge in [-0.25, -0.2) is 0 Å². The van der Waals surface area contributed by atoms with Gasteiger partial charge >= 0.3 is 0 Å². The fourth-order valence-corrected chi connectivity index (χ4v) is 4.04. The minimum atomic E-state index is 0.680. The molecule has 0 bridgehead atoms. The van der Waals surface area contributed by atoms with Gasteiger partial charge in [-0.15, -0.1) is 11.8 Å². The summed E-state index contributed by atoms with van der Waals surface area (Å²) in [5.41, 5.74) is 2.79. The zero-order valence-electron chi connectivity index (χ0n) is 11.8. The van der Waals surface area contributed by atoms with Gasteiger partial charge in [0.25, 0.3) is 0 Å². The molecule has 1 aliphatic carbocycles. The molecule has 1 nitrogen and oxygen atoms in total. The van der Waals surface area contributed by atoms with E-state index in [1.807, 2.05) is 11.8 Å². The lowest BCUT2D eigenvalue weighted by molar-refractivity contribution is 0.410. The standard InChI is InChI=1S/C16H25NS/c1-12-8-9-15(10-13(12)2)18-11-16(17-3)14-6-4-5-7-14/h8-10,14,16-17H,4-7,11H2,1-3H3. The molecule has 1 N–H and O–H groups in total. The quantitative estimate of drug-likeness (QED) is 0.800. The third kappa shape index (κ3) is 3.52. The van der Waals surface area contributed by atoms with Crippen molar-refractivity contribution in [2.45, 2.75) is 50.5 Å². The molecule has 0 heterocycles. The molecule has 1 fully saturated rings. The molecule has 2 heteroatoms. The minimum Gasteiger partial charge on any atom is -0.316 e. The topological polar surface area (TPSA) is 12.0 Å². The number of rotatable bonds is 5. The number of benzene rings is 1. The Labute approximate surface area is 116 Å². The van der Waals surface area contributed by atoms with Gasteiger partial charge in [-0.05, 0) is 62.9 Å². The van der Waals surface area contributed by atoms with Gasteiger partial charge < -0.3 is 5.32 Å². The molecule has 0 amide bonds. The molecule has 0 aromatic heterocycles. The molecule has 0 aliphatic heterocycles. The van der Waals surface area contributed by atoms with Crippen molar-refractivity contribution in [3.8, 4) is 0 Å². The Morgan fingerprint density at radius 2 is 1.94 bits per heavy atom. The van der Waals surface area contributed by atoms with Gasteiger partial charge in [-0.3, -0.25) is 0 Å². The van der Waals surface area contributed by atoms with Crippen LogP contribution in [0.5, 0.6) is 0 Å². The van der Waals surface area contributed by atoms with Crippen molar-refractivity contribution in [1.82, 2.24) is 5.32 Å². The lowest BCUT2D eigenvalue weighted by Crippen LogP contribution is -2.34. The van der Waals surface area contributed by atoms with Crippen LogP contribution in [0.2, 0.25) is 0 Å². The second-order valence-corrected chi connectivity index (χ2v) is 6.59. The Bertz CT molecular complexity index is 383. The largest absolute Gasteiger partial charge is 0.316 e. The molecule has 1 aromatic rings. The third-order valence-corrected chi connectivity index (χ3v) is 5.36. The first-order valence-electron chi connectivity index (χ1n) is 7.08. The van der Waals surface area contributed by atoms with Crippen LogP contribution in [0.1, 0.15) is 36.8 Å². The highest BCUT2D eigenvalue weighted by molar-refractivity contribution is 7.99. The van der Waals surface area contributed by atoms with E-state index >= 15 is 0 Å². The Kier molecular flexibility index (Phi) is 5.13. The maximum Gasteiger partial charge on any atom is 0.0186 e.